The summed E-state index contributed by atoms with van der Waals surface area (Å²) >= 11 is 0. The van der Waals surface area contributed by atoms with Crippen molar-refractivity contribution in [3.63, 3.8) is 0 Å². The molecule has 0 aliphatic carbocycles. The molecule has 1 saturated heterocycles. The van der Waals surface area contributed by atoms with Gasteiger partial charge in [-0.05, 0) is 5.92 Å². The van der Waals surface area contributed by atoms with Gasteiger partial charge in [0.15, 0.2) is 6.29 Å². The Balaban J connectivity index is -0.000000809. The van der Waals surface area contributed by atoms with Crippen LogP contribution in [-0.4, -0.2) is 96.6 Å². The van der Waals surface area contributed by atoms with Crippen LogP contribution in [0.15, 0.2) is 0 Å². The molecule has 1 aliphatic heterocycles. The predicted octanol–water partition coefficient (Wildman–Crippen LogP) is -0.345. The molecule has 4 amide bonds. The molecule has 0 radical (unpaired) electrons. The largest absolute Gasteiger partial charge is 0.394 e. The fourth-order valence-electron chi connectivity index (χ4n) is 2.82. The van der Waals surface area contributed by atoms with E-state index in [1.807, 2.05) is 13.8 Å². The summed E-state index contributed by atoms with van der Waals surface area (Å²) in [6.07, 6.45) is 1.42. The molecule has 4 unspecified atom stereocenters. The Bertz CT molecular complexity index is 665. The molecule has 14 heteroatoms. The molecule has 0 aromatic heterocycles. The molecule has 40 heavy (non-hydrogen) atoms. The van der Waals surface area contributed by atoms with Crippen LogP contribution in [0.2, 0.25) is 0 Å². The number of nitrogens with two attached hydrogens (primary N) is 2. The first-order chi connectivity index (χ1) is 18.9. The zero-order chi connectivity index (χ0) is 31.5. The number of ether oxygens (including phenoxy) is 3. The summed E-state index contributed by atoms with van der Waals surface area (Å²) in [7, 11) is 0. The quantitative estimate of drug-likeness (QED) is 0.0979. The summed E-state index contributed by atoms with van der Waals surface area (Å²) in [5.74, 6) is -1.04. The first-order valence-corrected chi connectivity index (χ1v) is 13.8. The van der Waals surface area contributed by atoms with Crippen molar-refractivity contribution in [2.24, 2.45) is 17.4 Å². The van der Waals surface area contributed by atoms with E-state index in [0.29, 0.717) is 0 Å². The molecule has 0 spiro atoms. The van der Waals surface area contributed by atoms with Crippen LogP contribution >= 0.6 is 0 Å². The molecule has 1 heterocycles. The van der Waals surface area contributed by atoms with Gasteiger partial charge in [0, 0.05) is 13.3 Å². The van der Waals surface area contributed by atoms with Gasteiger partial charge in [-0.25, -0.2) is 0 Å². The fraction of sp³-hybridized carbons (Fsp3) is 0.846. The van der Waals surface area contributed by atoms with Gasteiger partial charge in [0.1, 0.15) is 25.5 Å². The predicted molar refractivity (Wildman–Crippen MR) is 149 cm³/mol. The lowest BCUT2D eigenvalue weighted by molar-refractivity contribution is -0.269. The summed E-state index contributed by atoms with van der Waals surface area (Å²) in [6.45, 7) is 10.8. The molecule has 14 nitrogen and oxygen atoms in total. The Hall–Kier alpha value is -2.36. The molecule has 238 valence electrons. The van der Waals surface area contributed by atoms with E-state index in [4.69, 9.17) is 25.1 Å². The van der Waals surface area contributed by atoms with Crippen LogP contribution in [0.3, 0.4) is 0 Å². The average molecular weight is 583 g/mol. The number of nitrogens with one attached hydrogen (secondary N) is 2. The fourth-order valence-corrected chi connectivity index (χ4v) is 2.82. The van der Waals surface area contributed by atoms with Gasteiger partial charge in [0.05, 0.1) is 32.3 Å². The number of carbonyl (C=O) groups excluding carboxylic acids is 4. The Morgan fingerprint density at radius 2 is 1.65 bits per heavy atom. The maximum atomic E-state index is 11.6. The molecule has 0 saturated carbocycles. The minimum Gasteiger partial charge on any atom is -0.394 e. The molecule has 9 N–H and O–H groups in total. The Morgan fingerprint density at radius 3 is 2.15 bits per heavy atom. The number of aliphatic hydroxyl groups is 3. The minimum absolute atomic E-state index is 0.0138. The molecule has 0 aromatic carbocycles. The van der Waals surface area contributed by atoms with E-state index in [-0.39, 0.29) is 45.2 Å². The van der Waals surface area contributed by atoms with Gasteiger partial charge in [-0.3, -0.25) is 19.2 Å². The number of amides is 4. The number of carbonyl (C=O) groups is 4. The summed E-state index contributed by atoms with van der Waals surface area (Å²) < 4.78 is 15.2. The van der Waals surface area contributed by atoms with Crippen molar-refractivity contribution >= 4 is 23.6 Å². The second-order valence-electron chi connectivity index (χ2n) is 8.82. The van der Waals surface area contributed by atoms with E-state index in [0.717, 1.165) is 5.92 Å². The van der Waals surface area contributed by atoms with Crippen LogP contribution in [0, 0.1) is 5.92 Å². The van der Waals surface area contributed by atoms with E-state index in [1.54, 1.807) is 0 Å². The number of primary amides is 2. The van der Waals surface area contributed by atoms with E-state index in [9.17, 15) is 29.4 Å². The number of rotatable bonds is 15. The minimum atomic E-state index is -1.08. The molecular weight excluding hydrogens is 528 g/mol. The van der Waals surface area contributed by atoms with Crippen LogP contribution in [0.25, 0.3) is 0 Å². The standard InChI is InChI=1S/C14H25N3O9.C8H18.C2H5NO.C2H6/c15-11(21)6-24-7-17-13(23)4-16-12(22)1-2-25-14-9(20)3-8(19)10(5-18)26-14;1-4-6-7-8(3)5-2;1-2(3)4;1-2/h8-10,14,18-20H,1-7H2,(H2,15,21)(H,16,22)(H,17,23);8H,4-7H2,1-3H3;1H3,(H2,3,4);1-2H3/t8?,9?,10-,14?;;;/m1.../s1. The second kappa shape index (κ2) is 28.2. The highest BCUT2D eigenvalue weighted by Gasteiger charge is 2.36. The Labute approximate surface area is 238 Å². The molecule has 0 aromatic rings. The van der Waals surface area contributed by atoms with Crippen LogP contribution < -0.4 is 22.1 Å². The lowest BCUT2D eigenvalue weighted by Crippen LogP contribution is -2.50. The van der Waals surface area contributed by atoms with E-state index in [1.165, 1.54) is 32.6 Å². The van der Waals surface area contributed by atoms with Crippen molar-refractivity contribution in [1.29, 1.82) is 0 Å². The monoisotopic (exact) mass is 582 g/mol. The highest BCUT2D eigenvalue weighted by atomic mass is 16.7. The molecular formula is C26H54N4O10. The first-order valence-electron chi connectivity index (χ1n) is 13.8. The number of hydrogen-bond donors (Lipinski definition) is 7. The van der Waals surface area contributed by atoms with Crippen LogP contribution in [0.4, 0.5) is 0 Å². The van der Waals surface area contributed by atoms with Gasteiger partial charge in [-0.2, -0.15) is 0 Å². The Kier molecular flexibility index (Phi) is 29.7. The Morgan fingerprint density at radius 1 is 1.05 bits per heavy atom. The van der Waals surface area contributed by atoms with Gasteiger partial charge in [0.25, 0.3) is 0 Å². The third kappa shape index (κ3) is 27.2. The average Bonchev–Trinajstić information content (AvgIpc) is 2.90. The second-order valence-corrected chi connectivity index (χ2v) is 8.82. The molecule has 1 aliphatic rings. The highest BCUT2D eigenvalue weighted by Crippen LogP contribution is 2.21. The molecule has 1 fully saturated rings. The third-order valence-corrected chi connectivity index (χ3v) is 5.14. The van der Waals surface area contributed by atoms with Crippen molar-refractivity contribution in [3.8, 4) is 0 Å². The van der Waals surface area contributed by atoms with Crippen molar-refractivity contribution in [1.82, 2.24) is 10.6 Å². The summed E-state index contributed by atoms with van der Waals surface area (Å²) in [4.78, 5) is 42.7. The maximum absolute atomic E-state index is 11.6. The topological polar surface area (TPSA) is 233 Å². The summed E-state index contributed by atoms with van der Waals surface area (Å²) in [5, 5.41) is 33.0. The lowest BCUT2D eigenvalue weighted by atomic mass is 10.0. The van der Waals surface area contributed by atoms with Gasteiger partial charge < -0.3 is 51.6 Å². The van der Waals surface area contributed by atoms with Gasteiger partial charge in [0.2, 0.25) is 23.6 Å². The highest BCUT2D eigenvalue weighted by molar-refractivity contribution is 5.84. The summed E-state index contributed by atoms with van der Waals surface area (Å²) in [6, 6.07) is 0. The van der Waals surface area contributed by atoms with Crippen LogP contribution in [-0.2, 0) is 33.4 Å². The number of unbranched alkanes of at least 4 members (excludes halogenated alkanes) is 1. The van der Waals surface area contributed by atoms with E-state index < -0.39 is 48.9 Å². The van der Waals surface area contributed by atoms with Crippen molar-refractivity contribution < 1.29 is 48.7 Å². The normalized spacial score (nSPS) is 20.1. The van der Waals surface area contributed by atoms with Gasteiger partial charge in [-0.15, -0.1) is 0 Å². The zero-order valence-corrected chi connectivity index (χ0v) is 25.0. The third-order valence-electron chi connectivity index (χ3n) is 5.14. The maximum Gasteiger partial charge on any atom is 0.243 e. The van der Waals surface area contributed by atoms with Crippen LogP contribution in [0.1, 0.15) is 80.1 Å². The van der Waals surface area contributed by atoms with Crippen molar-refractivity contribution in [3.05, 3.63) is 0 Å². The van der Waals surface area contributed by atoms with E-state index in [2.05, 4.69) is 37.1 Å². The first kappa shape index (κ1) is 42.1. The van der Waals surface area contributed by atoms with Gasteiger partial charge in [-0.1, -0.05) is 60.3 Å². The van der Waals surface area contributed by atoms with Gasteiger partial charge >= 0.3 is 0 Å². The number of aliphatic hydroxyl groups excluding tert-OH is 3. The molecule has 5 atom stereocenters. The molecule has 1 rings (SSSR count). The SMILES string of the molecule is CC.CC(N)=O.CCCCC(C)CC.NC(=O)COCNC(=O)CNC(=O)CCOC1O[C@H](CO)C(O)CC1O. The van der Waals surface area contributed by atoms with E-state index >= 15 is 0 Å². The van der Waals surface area contributed by atoms with Crippen molar-refractivity contribution in [2.45, 2.75) is 105 Å². The lowest BCUT2D eigenvalue weighted by Gasteiger charge is -2.36. The van der Waals surface area contributed by atoms with Crippen LogP contribution in [0.5, 0.6) is 0 Å². The molecule has 0 bridgehead atoms. The zero-order valence-electron chi connectivity index (χ0n) is 25.0. The van der Waals surface area contributed by atoms with Crippen molar-refractivity contribution in [2.75, 3.05) is 33.1 Å². The smallest absolute Gasteiger partial charge is 0.243 e. The summed E-state index contributed by atoms with van der Waals surface area (Å²) in [5.41, 5.74) is 9.32. The number of hydrogen-bond acceptors (Lipinski definition) is 10.